The van der Waals surface area contributed by atoms with Crippen molar-refractivity contribution in [3.05, 3.63) is 23.8 Å². The smallest absolute Gasteiger partial charge is 0.339 e. The first-order valence-electron chi connectivity index (χ1n) is 9.87. The maximum absolute atomic E-state index is 12.4. The molecule has 9 heteroatoms. The van der Waals surface area contributed by atoms with Crippen LogP contribution in [0.15, 0.2) is 18.2 Å². The first-order valence-corrected chi connectivity index (χ1v) is 11.7. The van der Waals surface area contributed by atoms with E-state index in [1.165, 1.54) is 13.0 Å². The average molecular weight is 428 g/mol. The summed E-state index contributed by atoms with van der Waals surface area (Å²) in [6.45, 7) is 6.30. The minimum absolute atomic E-state index is 0.0546. The number of benzene rings is 1. The Morgan fingerprint density at radius 3 is 2.59 bits per heavy atom. The van der Waals surface area contributed by atoms with Gasteiger partial charge in [-0.3, -0.25) is 4.79 Å². The van der Waals surface area contributed by atoms with E-state index in [9.17, 15) is 18.0 Å². The Bertz CT molecular complexity index is 822. The molecule has 1 aliphatic rings. The SMILES string of the molecule is CCCCOc1ccc(C(=O)O[C@@H](C)C(=O)N[C@H]2CCS(=O)(=O)C2)cc1OCC. The Morgan fingerprint density at radius 2 is 1.97 bits per heavy atom. The zero-order chi connectivity index (χ0) is 21.4. The molecule has 0 aromatic heterocycles. The molecule has 1 aromatic carbocycles. The molecule has 0 saturated carbocycles. The van der Waals surface area contributed by atoms with Crippen LogP contribution in [0.5, 0.6) is 11.5 Å². The van der Waals surface area contributed by atoms with Crippen LogP contribution in [0.2, 0.25) is 0 Å². The fourth-order valence-electron chi connectivity index (χ4n) is 2.86. The lowest BCUT2D eigenvalue weighted by molar-refractivity contribution is -0.129. The third-order valence-electron chi connectivity index (χ3n) is 4.47. The highest BCUT2D eigenvalue weighted by Gasteiger charge is 2.31. The van der Waals surface area contributed by atoms with Gasteiger partial charge >= 0.3 is 5.97 Å². The quantitative estimate of drug-likeness (QED) is 0.450. The van der Waals surface area contributed by atoms with Crippen molar-refractivity contribution in [2.24, 2.45) is 0 Å². The standard InChI is InChI=1S/C20H29NO7S/c1-4-6-10-27-17-8-7-15(12-18(17)26-5-2)20(23)28-14(3)19(22)21-16-9-11-29(24,25)13-16/h7-8,12,14,16H,4-6,9-11,13H2,1-3H3,(H,21,22)/t14-,16-/m0/s1. The van der Waals surface area contributed by atoms with Crippen LogP contribution >= 0.6 is 0 Å². The number of carbonyl (C=O) groups is 2. The number of ether oxygens (including phenoxy) is 3. The Balaban J connectivity index is 1.97. The lowest BCUT2D eigenvalue weighted by Gasteiger charge is -2.17. The molecular weight excluding hydrogens is 398 g/mol. The topological polar surface area (TPSA) is 108 Å². The summed E-state index contributed by atoms with van der Waals surface area (Å²) in [5.74, 6) is -0.246. The van der Waals surface area contributed by atoms with E-state index in [1.54, 1.807) is 12.1 Å². The third kappa shape index (κ3) is 6.92. The van der Waals surface area contributed by atoms with Crippen molar-refractivity contribution in [2.45, 2.75) is 52.2 Å². The summed E-state index contributed by atoms with van der Waals surface area (Å²) in [6, 6.07) is 4.28. The van der Waals surface area contributed by atoms with E-state index < -0.39 is 33.9 Å². The number of carbonyl (C=O) groups excluding carboxylic acids is 2. The molecule has 0 aliphatic carbocycles. The van der Waals surface area contributed by atoms with Gasteiger partial charge in [-0.25, -0.2) is 13.2 Å². The van der Waals surface area contributed by atoms with E-state index in [4.69, 9.17) is 14.2 Å². The molecule has 29 heavy (non-hydrogen) atoms. The van der Waals surface area contributed by atoms with Gasteiger partial charge in [0.05, 0.1) is 30.3 Å². The number of esters is 1. The van der Waals surface area contributed by atoms with Gasteiger partial charge in [0, 0.05) is 6.04 Å². The highest BCUT2D eigenvalue weighted by atomic mass is 32.2. The number of unbranched alkanes of at least 4 members (excludes halogenated alkanes) is 1. The second-order valence-electron chi connectivity index (χ2n) is 6.95. The van der Waals surface area contributed by atoms with E-state index in [0.29, 0.717) is 31.1 Å². The first kappa shape index (κ1) is 23.0. The molecule has 0 radical (unpaired) electrons. The molecule has 162 valence electrons. The fourth-order valence-corrected chi connectivity index (χ4v) is 4.53. The Hall–Kier alpha value is -2.29. The minimum atomic E-state index is -3.10. The summed E-state index contributed by atoms with van der Waals surface area (Å²) in [5, 5.41) is 2.62. The van der Waals surface area contributed by atoms with Crippen molar-refractivity contribution in [3.63, 3.8) is 0 Å². The minimum Gasteiger partial charge on any atom is -0.490 e. The van der Waals surface area contributed by atoms with Crippen LogP contribution in [0.4, 0.5) is 0 Å². The number of sulfone groups is 1. The maximum atomic E-state index is 12.4. The Morgan fingerprint density at radius 1 is 1.21 bits per heavy atom. The van der Waals surface area contributed by atoms with Crippen LogP contribution in [0.1, 0.15) is 50.4 Å². The molecule has 1 heterocycles. The first-order chi connectivity index (χ1) is 13.8. The van der Waals surface area contributed by atoms with Gasteiger partial charge < -0.3 is 19.5 Å². The van der Waals surface area contributed by atoms with Gasteiger partial charge in [-0.1, -0.05) is 13.3 Å². The molecule has 1 fully saturated rings. The molecule has 1 amide bonds. The molecule has 0 spiro atoms. The molecule has 2 rings (SSSR count). The highest BCUT2D eigenvalue weighted by molar-refractivity contribution is 7.91. The fraction of sp³-hybridized carbons (Fsp3) is 0.600. The van der Waals surface area contributed by atoms with Gasteiger partial charge in [0.15, 0.2) is 27.4 Å². The number of hydrogen-bond acceptors (Lipinski definition) is 7. The normalized spacial score (nSPS) is 18.7. The molecule has 1 saturated heterocycles. The van der Waals surface area contributed by atoms with Crippen molar-refractivity contribution in [1.82, 2.24) is 5.32 Å². The van der Waals surface area contributed by atoms with Crippen molar-refractivity contribution in [2.75, 3.05) is 24.7 Å². The lowest BCUT2D eigenvalue weighted by Crippen LogP contribution is -2.42. The van der Waals surface area contributed by atoms with E-state index in [-0.39, 0.29) is 17.1 Å². The van der Waals surface area contributed by atoms with Gasteiger partial charge in [0.25, 0.3) is 5.91 Å². The summed E-state index contributed by atoms with van der Waals surface area (Å²) in [5.41, 5.74) is 0.236. The zero-order valence-electron chi connectivity index (χ0n) is 17.1. The maximum Gasteiger partial charge on any atom is 0.339 e. The van der Waals surface area contributed by atoms with E-state index >= 15 is 0 Å². The van der Waals surface area contributed by atoms with E-state index in [0.717, 1.165) is 12.8 Å². The van der Waals surface area contributed by atoms with Gasteiger partial charge in [-0.2, -0.15) is 0 Å². The Kier molecular flexibility index (Phi) is 8.31. The number of nitrogens with one attached hydrogen (secondary N) is 1. The van der Waals surface area contributed by atoms with Crippen molar-refractivity contribution in [3.8, 4) is 11.5 Å². The third-order valence-corrected chi connectivity index (χ3v) is 6.23. The van der Waals surface area contributed by atoms with Crippen LogP contribution in [0.25, 0.3) is 0 Å². The number of amides is 1. The molecule has 1 aliphatic heterocycles. The summed E-state index contributed by atoms with van der Waals surface area (Å²) in [6.07, 6.45) is 1.22. The number of rotatable bonds is 10. The zero-order valence-corrected chi connectivity index (χ0v) is 17.9. The van der Waals surface area contributed by atoms with Gasteiger partial charge in [0.2, 0.25) is 0 Å². The average Bonchev–Trinajstić information content (AvgIpc) is 3.01. The summed E-state index contributed by atoms with van der Waals surface area (Å²) < 4.78 is 39.5. The van der Waals surface area contributed by atoms with E-state index in [2.05, 4.69) is 12.2 Å². The monoisotopic (exact) mass is 427 g/mol. The summed E-state index contributed by atoms with van der Waals surface area (Å²) >= 11 is 0. The Labute approximate surface area is 171 Å². The predicted molar refractivity (Wildman–Crippen MR) is 108 cm³/mol. The molecular formula is C20H29NO7S. The van der Waals surface area contributed by atoms with E-state index in [1.807, 2.05) is 6.92 Å². The van der Waals surface area contributed by atoms with Gasteiger partial charge in [-0.15, -0.1) is 0 Å². The van der Waals surface area contributed by atoms with Crippen LogP contribution in [0, 0.1) is 0 Å². The lowest BCUT2D eigenvalue weighted by atomic mass is 10.2. The molecule has 2 atom stereocenters. The van der Waals surface area contributed by atoms with Gasteiger partial charge in [-0.05, 0) is 44.9 Å². The molecule has 8 nitrogen and oxygen atoms in total. The van der Waals surface area contributed by atoms with Crippen LogP contribution in [-0.2, 0) is 19.4 Å². The molecule has 1 aromatic rings. The van der Waals surface area contributed by atoms with Gasteiger partial charge in [0.1, 0.15) is 0 Å². The summed E-state index contributed by atoms with van der Waals surface area (Å²) in [4.78, 5) is 24.7. The summed E-state index contributed by atoms with van der Waals surface area (Å²) in [7, 11) is -3.10. The largest absolute Gasteiger partial charge is 0.490 e. The molecule has 0 bridgehead atoms. The van der Waals surface area contributed by atoms with Crippen molar-refractivity contribution >= 4 is 21.7 Å². The predicted octanol–water partition coefficient (Wildman–Crippen LogP) is 2.11. The van der Waals surface area contributed by atoms with Crippen molar-refractivity contribution < 1.29 is 32.2 Å². The second-order valence-corrected chi connectivity index (χ2v) is 9.18. The van der Waals surface area contributed by atoms with Crippen LogP contribution < -0.4 is 14.8 Å². The molecule has 1 N–H and O–H groups in total. The molecule has 0 unspecified atom stereocenters. The second kappa shape index (κ2) is 10.5. The number of hydrogen-bond donors (Lipinski definition) is 1. The van der Waals surface area contributed by atoms with Crippen LogP contribution in [0.3, 0.4) is 0 Å². The van der Waals surface area contributed by atoms with Crippen LogP contribution in [-0.4, -0.2) is 57.2 Å². The highest BCUT2D eigenvalue weighted by Crippen LogP contribution is 2.29. The van der Waals surface area contributed by atoms with Crippen molar-refractivity contribution in [1.29, 1.82) is 0 Å².